The zero-order valence-corrected chi connectivity index (χ0v) is 17.1. The first kappa shape index (κ1) is 18.2. The van der Waals surface area contributed by atoms with Crippen LogP contribution < -0.4 is 10.0 Å². The zero-order chi connectivity index (χ0) is 20.3. The molecule has 1 aliphatic heterocycles. The Morgan fingerprint density at radius 2 is 2.03 bits per heavy atom. The van der Waals surface area contributed by atoms with Crippen LogP contribution in [0, 0.1) is 12.8 Å². The molecule has 7 heteroatoms. The molecule has 1 aliphatic carbocycles. The van der Waals surface area contributed by atoms with Crippen LogP contribution in [0.5, 0.6) is 0 Å². The molecule has 0 bridgehead atoms. The summed E-state index contributed by atoms with van der Waals surface area (Å²) < 4.78 is 15.3. The predicted octanol–water partition coefficient (Wildman–Crippen LogP) is 4.81. The van der Waals surface area contributed by atoms with E-state index in [-0.39, 0.29) is 22.1 Å². The van der Waals surface area contributed by atoms with Crippen LogP contribution in [-0.4, -0.2) is 23.3 Å². The highest BCUT2D eigenvalue weighted by molar-refractivity contribution is 7.22. The number of fused-ring (bicyclic) bond motifs is 2. The SMILES string of the molecule is CC(=O)N1CCc2c1ccc(C)c2-c1ccc2nc(N(F)C(=O)C3CC3)sc2c1. The quantitative estimate of drug-likeness (QED) is 0.584. The van der Waals surface area contributed by atoms with Crippen LogP contribution in [0.4, 0.5) is 15.3 Å². The lowest BCUT2D eigenvalue weighted by molar-refractivity contribution is -0.122. The van der Waals surface area contributed by atoms with E-state index in [1.807, 2.05) is 35.2 Å². The number of carbonyl (C=O) groups is 2. The van der Waals surface area contributed by atoms with E-state index in [2.05, 4.69) is 11.9 Å². The summed E-state index contributed by atoms with van der Waals surface area (Å²) >= 11 is 1.19. The summed E-state index contributed by atoms with van der Waals surface area (Å²) in [5, 5.41) is 0.296. The molecule has 0 unspecified atom stereocenters. The van der Waals surface area contributed by atoms with E-state index in [1.54, 1.807) is 6.92 Å². The number of halogens is 1. The Labute approximate surface area is 171 Å². The Hall–Kier alpha value is -2.80. The van der Waals surface area contributed by atoms with E-state index in [0.29, 0.717) is 12.1 Å². The number of carbonyl (C=O) groups excluding carboxylic acids is 2. The fourth-order valence-electron chi connectivity index (χ4n) is 4.07. The standard InChI is InChI=1S/C22H20FN3O2S/c1-12-3-8-18-16(9-10-25(18)13(2)27)20(12)15-6-7-17-19(11-15)29-22(24-17)26(23)21(28)14-4-5-14/h3,6-8,11,14H,4-5,9-10H2,1-2H3. The summed E-state index contributed by atoms with van der Waals surface area (Å²) in [6, 6.07) is 9.91. The van der Waals surface area contributed by atoms with Crippen molar-refractivity contribution < 1.29 is 14.1 Å². The Kier molecular flexibility index (Phi) is 4.17. The Bertz CT molecular complexity index is 1170. The number of nitrogens with zero attached hydrogens (tertiary/aromatic N) is 3. The predicted molar refractivity (Wildman–Crippen MR) is 113 cm³/mol. The third-order valence-corrected chi connectivity index (χ3v) is 6.69. The molecule has 0 spiro atoms. The van der Waals surface area contributed by atoms with Crippen molar-refractivity contribution in [3.05, 3.63) is 41.5 Å². The van der Waals surface area contributed by atoms with Crippen LogP contribution in [-0.2, 0) is 16.0 Å². The van der Waals surface area contributed by atoms with Crippen molar-refractivity contribution in [2.75, 3.05) is 16.6 Å². The molecule has 1 fully saturated rings. The van der Waals surface area contributed by atoms with Crippen LogP contribution in [0.2, 0.25) is 0 Å². The van der Waals surface area contributed by atoms with Crippen LogP contribution in [0.25, 0.3) is 21.3 Å². The van der Waals surface area contributed by atoms with E-state index >= 15 is 0 Å². The number of hydrogen-bond donors (Lipinski definition) is 0. The van der Waals surface area contributed by atoms with Gasteiger partial charge in [-0.05, 0) is 66.6 Å². The molecule has 3 aromatic rings. The number of amides is 2. The smallest absolute Gasteiger partial charge is 0.260 e. The zero-order valence-electron chi connectivity index (χ0n) is 16.2. The van der Waals surface area contributed by atoms with Gasteiger partial charge in [0.1, 0.15) is 0 Å². The minimum Gasteiger partial charge on any atom is -0.312 e. The van der Waals surface area contributed by atoms with E-state index in [4.69, 9.17) is 0 Å². The third kappa shape index (κ3) is 3.00. The maximum atomic E-state index is 14.4. The molecular weight excluding hydrogens is 389 g/mol. The minimum absolute atomic E-state index is 0.0458. The normalized spacial score (nSPS) is 15.6. The number of aromatic nitrogens is 1. The molecule has 0 atom stereocenters. The average molecular weight is 409 g/mol. The van der Waals surface area contributed by atoms with Crippen molar-refractivity contribution in [2.24, 2.45) is 5.92 Å². The van der Waals surface area contributed by atoms with Gasteiger partial charge >= 0.3 is 0 Å². The molecule has 29 heavy (non-hydrogen) atoms. The molecule has 2 aromatic carbocycles. The van der Waals surface area contributed by atoms with Gasteiger partial charge < -0.3 is 4.90 Å². The highest BCUT2D eigenvalue weighted by Gasteiger charge is 2.36. The van der Waals surface area contributed by atoms with Crippen molar-refractivity contribution >= 4 is 44.2 Å². The summed E-state index contributed by atoms with van der Waals surface area (Å²) in [5.74, 6) is -0.642. The Morgan fingerprint density at radius 1 is 1.24 bits per heavy atom. The van der Waals surface area contributed by atoms with E-state index in [9.17, 15) is 14.1 Å². The molecular formula is C22H20FN3O2S. The fraction of sp³-hybridized carbons (Fsp3) is 0.318. The van der Waals surface area contributed by atoms with Crippen molar-refractivity contribution in [3.63, 3.8) is 0 Å². The minimum atomic E-state index is -0.495. The fourth-order valence-corrected chi connectivity index (χ4v) is 4.98. The number of anilines is 2. The van der Waals surface area contributed by atoms with Crippen LogP contribution in [0.15, 0.2) is 30.3 Å². The van der Waals surface area contributed by atoms with E-state index in [1.165, 1.54) is 16.9 Å². The van der Waals surface area contributed by atoms with Crippen LogP contribution in [0.1, 0.15) is 30.9 Å². The molecule has 0 saturated heterocycles. The molecule has 2 heterocycles. The molecule has 148 valence electrons. The van der Waals surface area contributed by atoms with Gasteiger partial charge in [-0.15, -0.1) is 5.12 Å². The summed E-state index contributed by atoms with van der Waals surface area (Å²) in [7, 11) is 0. The van der Waals surface area contributed by atoms with Crippen molar-refractivity contribution in [1.82, 2.24) is 4.98 Å². The first-order chi connectivity index (χ1) is 13.9. The van der Waals surface area contributed by atoms with Crippen LogP contribution >= 0.6 is 11.3 Å². The lowest BCUT2D eigenvalue weighted by Crippen LogP contribution is -2.25. The maximum Gasteiger partial charge on any atom is 0.260 e. The maximum absolute atomic E-state index is 14.4. The third-order valence-electron chi connectivity index (χ3n) is 5.71. The van der Waals surface area contributed by atoms with Gasteiger partial charge in [0.15, 0.2) is 0 Å². The highest BCUT2D eigenvalue weighted by Crippen LogP contribution is 2.41. The van der Waals surface area contributed by atoms with Gasteiger partial charge in [0.05, 0.1) is 10.2 Å². The Balaban J connectivity index is 1.56. The molecule has 2 amide bonds. The van der Waals surface area contributed by atoms with E-state index < -0.39 is 5.91 Å². The lowest BCUT2D eigenvalue weighted by Gasteiger charge is -2.17. The number of benzene rings is 2. The van der Waals surface area contributed by atoms with Crippen molar-refractivity contribution in [2.45, 2.75) is 33.1 Å². The second-order valence-corrected chi connectivity index (χ2v) is 8.76. The summed E-state index contributed by atoms with van der Waals surface area (Å²) in [5.41, 5.74) is 6.08. The first-order valence-corrected chi connectivity index (χ1v) is 10.6. The van der Waals surface area contributed by atoms with E-state index in [0.717, 1.165) is 46.3 Å². The van der Waals surface area contributed by atoms with Gasteiger partial charge in [-0.2, -0.15) is 0 Å². The number of hydrogen-bond acceptors (Lipinski definition) is 4. The number of rotatable bonds is 3. The number of aryl methyl sites for hydroxylation is 1. The molecule has 5 rings (SSSR count). The average Bonchev–Trinajstić information content (AvgIpc) is 3.32. The topological polar surface area (TPSA) is 53.5 Å². The molecule has 1 aromatic heterocycles. The van der Waals surface area contributed by atoms with Crippen molar-refractivity contribution in [1.29, 1.82) is 0 Å². The molecule has 1 saturated carbocycles. The Morgan fingerprint density at radius 3 is 2.76 bits per heavy atom. The van der Waals surface area contributed by atoms with Gasteiger partial charge in [0.25, 0.3) is 5.91 Å². The lowest BCUT2D eigenvalue weighted by atomic mass is 9.93. The molecule has 0 N–H and O–H groups in total. The largest absolute Gasteiger partial charge is 0.312 e. The second-order valence-electron chi connectivity index (χ2n) is 7.75. The van der Waals surface area contributed by atoms with Gasteiger partial charge in [-0.1, -0.05) is 28.0 Å². The summed E-state index contributed by atoms with van der Waals surface area (Å²) in [6.45, 7) is 4.34. The second kappa shape index (κ2) is 6.62. The number of thiazole rings is 1. The first-order valence-electron chi connectivity index (χ1n) is 9.75. The van der Waals surface area contributed by atoms with Crippen molar-refractivity contribution in [3.8, 4) is 11.1 Å². The monoisotopic (exact) mass is 409 g/mol. The molecule has 2 aliphatic rings. The van der Waals surface area contributed by atoms with Gasteiger partial charge in [0.2, 0.25) is 11.0 Å². The summed E-state index contributed by atoms with van der Waals surface area (Å²) in [4.78, 5) is 30.1. The van der Waals surface area contributed by atoms with Gasteiger partial charge in [-0.25, -0.2) is 4.98 Å². The summed E-state index contributed by atoms with van der Waals surface area (Å²) in [6.07, 6.45) is 2.32. The van der Waals surface area contributed by atoms with Gasteiger partial charge in [-0.3, -0.25) is 9.59 Å². The highest BCUT2D eigenvalue weighted by atomic mass is 32.1. The van der Waals surface area contributed by atoms with Gasteiger partial charge in [0, 0.05) is 25.1 Å². The molecule has 0 radical (unpaired) electrons. The molecule has 5 nitrogen and oxygen atoms in total. The van der Waals surface area contributed by atoms with Crippen LogP contribution in [0.3, 0.4) is 0 Å².